The lowest BCUT2D eigenvalue weighted by Gasteiger charge is -2.37. The lowest BCUT2D eigenvalue weighted by Crippen LogP contribution is -2.51. The van der Waals surface area contributed by atoms with Crippen molar-refractivity contribution >= 4 is 27.9 Å². The summed E-state index contributed by atoms with van der Waals surface area (Å²) in [5, 5.41) is 0. The van der Waals surface area contributed by atoms with Gasteiger partial charge in [0.05, 0.1) is 17.4 Å². The molecule has 1 atom stereocenters. The van der Waals surface area contributed by atoms with Crippen molar-refractivity contribution in [3.05, 3.63) is 71.7 Å². The van der Waals surface area contributed by atoms with Crippen LogP contribution in [0.3, 0.4) is 0 Å². The van der Waals surface area contributed by atoms with Gasteiger partial charge in [-0.1, -0.05) is 30.3 Å². The zero-order valence-electron chi connectivity index (χ0n) is 17.6. The lowest BCUT2D eigenvalue weighted by atomic mass is 9.93. The molecule has 9 heteroatoms. The van der Waals surface area contributed by atoms with Crippen LogP contribution in [-0.4, -0.2) is 60.5 Å². The Bertz CT molecular complexity index is 1170. The van der Waals surface area contributed by atoms with Gasteiger partial charge >= 0.3 is 0 Å². The predicted octanol–water partition coefficient (Wildman–Crippen LogP) is 2.62. The van der Waals surface area contributed by atoms with Gasteiger partial charge < -0.3 is 9.80 Å². The van der Waals surface area contributed by atoms with Gasteiger partial charge in [-0.25, -0.2) is 12.8 Å². The molecule has 2 aliphatic heterocycles. The Morgan fingerprint density at radius 1 is 1.03 bits per heavy atom. The zero-order chi connectivity index (χ0) is 22.9. The molecule has 1 fully saturated rings. The molecule has 0 unspecified atom stereocenters. The Hall–Kier alpha value is -3.04. The molecule has 2 aromatic carbocycles. The van der Waals surface area contributed by atoms with E-state index < -0.39 is 21.9 Å². The summed E-state index contributed by atoms with van der Waals surface area (Å²) in [5.74, 6) is -0.912. The van der Waals surface area contributed by atoms with Crippen LogP contribution in [0.2, 0.25) is 0 Å². The van der Waals surface area contributed by atoms with Gasteiger partial charge in [0.2, 0.25) is 21.8 Å². The molecule has 0 spiro atoms. The first-order chi connectivity index (χ1) is 15.3. The van der Waals surface area contributed by atoms with Crippen molar-refractivity contribution in [3.63, 3.8) is 0 Å². The van der Waals surface area contributed by atoms with E-state index in [9.17, 15) is 22.4 Å². The minimum Gasteiger partial charge on any atom is -0.340 e. The number of rotatable bonds is 4. The van der Waals surface area contributed by atoms with Gasteiger partial charge in [0, 0.05) is 39.3 Å². The molecule has 168 valence electrons. The van der Waals surface area contributed by atoms with Crippen molar-refractivity contribution in [2.24, 2.45) is 0 Å². The first-order valence-electron chi connectivity index (χ1n) is 10.4. The average Bonchev–Trinajstić information content (AvgIpc) is 2.79. The van der Waals surface area contributed by atoms with Gasteiger partial charge in [-0.2, -0.15) is 4.31 Å². The third-order valence-corrected chi connectivity index (χ3v) is 7.76. The number of carbonyl (C=O) groups excluding carboxylic acids is 2. The minimum atomic E-state index is -3.83. The van der Waals surface area contributed by atoms with E-state index in [0.717, 1.165) is 17.2 Å². The van der Waals surface area contributed by atoms with E-state index in [1.165, 1.54) is 29.4 Å². The monoisotopic (exact) mass is 457 g/mol. The van der Waals surface area contributed by atoms with E-state index >= 15 is 0 Å². The van der Waals surface area contributed by atoms with Crippen molar-refractivity contribution in [1.29, 1.82) is 0 Å². The Kier molecular flexibility index (Phi) is 6.12. The second-order valence-electron chi connectivity index (χ2n) is 7.83. The molecule has 0 radical (unpaired) electrons. The summed E-state index contributed by atoms with van der Waals surface area (Å²) in [5.41, 5.74) is 1.87. The second kappa shape index (κ2) is 8.84. The normalized spacial score (nSPS) is 19.0. The molecular formula is C23H24FN3O4S. The molecule has 0 aliphatic carbocycles. The fraction of sp³-hybridized carbons (Fsp3) is 0.304. The molecule has 2 amide bonds. The van der Waals surface area contributed by atoms with Crippen molar-refractivity contribution in [3.8, 4) is 0 Å². The van der Waals surface area contributed by atoms with Crippen molar-refractivity contribution < 1.29 is 22.4 Å². The smallest absolute Gasteiger partial charge is 0.243 e. The maximum Gasteiger partial charge on any atom is 0.243 e. The molecule has 1 saturated heterocycles. The topological polar surface area (TPSA) is 78.0 Å². The molecule has 0 saturated carbocycles. The minimum absolute atomic E-state index is 0.0972. The number of sulfonamides is 1. The molecule has 0 aromatic heterocycles. The molecule has 2 aromatic rings. The predicted molar refractivity (Wildman–Crippen MR) is 117 cm³/mol. The first-order valence-corrected chi connectivity index (χ1v) is 11.8. The van der Waals surface area contributed by atoms with Crippen LogP contribution in [0.5, 0.6) is 0 Å². The maximum atomic E-state index is 13.5. The second-order valence-corrected chi connectivity index (χ2v) is 9.77. The van der Waals surface area contributed by atoms with Crippen LogP contribution in [0.15, 0.2) is 59.6 Å². The number of hydrogen-bond donors (Lipinski definition) is 0. The number of hydrogen-bond acceptors (Lipinski definition) is 4. The highest BCUT2D eigenvalue weighted by Gasteiger charge is 2.33. The van der Waals surface area contributed by atoms with E-state index in [1.54, 1.807) is 16.0 Å². The third kappa shape index (κ3) is 4.31. The molecule has 2 heterocycles. The Morgan fingerprint density at radius 3 is 2.44 bits per heavy atom. The van der Waals surface area contributed by atoms with E-state index in [-0.39, 0.29) is 49.3 Å². The number of fused-ring (bicyclic) bond motifs is 1. The largest absolute Gasteiger partial charge is 0.340 e. The van der Waals surface area contributed by atoms with E-state index in [0.29, 0.717) is 0 Å². The summed E-state index contributed by atoms with van der Waals surface area (Å²) in [6, 6.07) is 12.1. The number of carbonyl (C=O) groups is 2. The fourth-order valence-corrected chi connectivity index (χ4v) is 5.62. The number of nitrogens with zero attached hydrogens (tertiary/aromatic N) is 3. The van der Waals surface area contributed by atoms with Gasteiger partial charge in [-0.3, -0.25) is 9.59 Å². The Morgan fingerprint density at radius 2 is 1.75 bits per heavy atom. The van der Waals surface area contributed by atoms with Gasteiger partial charge in [0.25, 0.3) is 0 Å². The summed E-state index contributed by atoms with van der Waals surface area (Å²) < 4.78 is 40.3. The lowest BCUT2D eigenvalue weighted by molar-refractivity contribution is -0.135. The summed E-state index contributed by atoms with van der Waals surface area (Å²) in [4.78, 5) is 28.3. The number of halogens is 1. The standard InChI is InChI=1S/C23H24FN3O4S/c1-17(28)27-10-9-18-5-2-3-8-21(18)22(27)16-23(29)25-11-13-26(14-12-25)32(30,31)20-7-4-6-19(24)15-20/h2-10,15,22H,11-14,16H2,1H3/t22-/m1/s1. The highest BCUT2D eigenvalue weighted by Crippen LogP contribution is 2.33. The highest BCUT2D eigenvalue weighted by atomic mass is 32.2. The molecular weight excluding hydrogens is 433 g/mol. The van der Waals surface area contributed by atoms with E-state index in [4.69, 9.17) is 0 Å². The molecule has 32 heavy (non-hydrogen) atoms. The molecule has 2 aliphatic rings. The highest BCUT2D eigenvalue weighted by molar-refractivity contribution is 7.89. The SMILES string of the molecule is CC(=O)N1C=Cc2ccccc2[C@H]1CC(=O)N1CCN(S(=O)(=O)c2cccc(F)c2)CC1. The summed E-state index contributed by atoms with van der Waals surface area (Å²) in [6.07, 6.45) is 3.66. The number of piperazine rings is 1. The summed E-state index contributed by atoms with van der Waals surface area (Å²) in [7, 11) is -3.83. The molecule has 0 bridgehead atoms. The molecule has 7 nitrogen and oxygen atoms in total. The van der Waals surface area contributed by atoms with Gasteiger partial charge in [0.1, 0.15) is 5.82 Å². The van der Waals surface area contributed by atoms with Crippen molar-refractivity contribution in [1.82, 2.24) is 14.1 Å². The third-order valence-electron chi connectivity index (χ3n) is 5.86. The van der Waals surface area contributed by atoms with Crippen LogP contribution < -0.4 is 0 Å². The van der Waals surface area contributed by atoms with Gasteiger partial charge in [-0.05, 0) is 35.4 Å². The Balaban J connectivity index is 1.44. The fourth-order valence-electron chi connectivity index (χ4n) is 4.16. The van der Waals surface area contributed by atoms with Crippen molar-refractivity contribution in [2.75, 3.05) is 26.2 Å². The summed E-state index contributed by atoms with van der Waals surface area (Å²) in [6.45, 7) is 2.19. The van der Waals surface area contributed by atoms with Crippen molar-refractivity contribution in [2.45, 2.75) is 24.3 Å². The van der Waals surface area contributed by atoms with Crippen LogP contribution >= 0.6 is 0 Å². The number of amides is 2. The van der Waals surface area contributed by atoms with Gasteiger partial charge in [0.15, 0.2) is 0 Å². The van der Waals surface area contributed by atoms with Gasteiger partial charge in [-0.15, -0.1) is 0 Å². The molecule has 4 rings (SSSR count). The van der Waals surface area contributed by atoms with Crippen LogP contribution in [0.1, 0.15) is 30.5 Å². The maximum absolute atomic E-state index is 13.5. The zero-order valence-corrected chi connectivity index (χ0v) is 18.5. The van der Waals surface area contributed by atoms with Crippen LogP contribution in [0.4, 0.5) is 4.39 Å². The van der Waals surface area contributed by atoms with Crippen LogP contribution in [0, 0.1) is 5.82 Å². The number of benzene rings is 2. The first kappa shape index (κ1) is 22.2. The average molecular weight is 458 g/mol. The summed E-state index contributed by atoms with van der Waals surface area (Å²) >= 11 is 0. The van der Waals surface area contributed by atoms with Crippen LogP contribution in [0.25, 0.3) is 6.08 Å². The molecule has 0 N–H and O–H groups in total. The Labute approximate surface area is 186 Å². The van der Waals surface area contributed by atoms with Crippen LogP contribution in [-0.2, 0) is 19.6 Å². The van der Waals surface area contributed by atoms with E-state index in [1.807, 2.05) is 30.3 Å². The quantitative estimate of drug-likeness (QED) is 0.707. The van der Waals surface area contributed by atoms with E-state index in [2.05, 4.69) is 0 Å².